The van der Waals surface area contributed by atoms with Gasteiger partial charge in [-0.25, -0.2) is 4.98 Å². The Morgan fingerprint density at radius 1 is 1.22 bits per heavy atom. The number of benzene rings is 1. The van der Waals surface area contributed by atoms with E-state index in [0.717, 1.165) is 13.0 Å². The number of imidazole rings is 1. The Hall–Kier alpha value is -2.41. The SMILES string of the molecule is C=CCn1c(Br)nc2c(N)nc(NCCc3ccccc3)nc21. The third kappa shape index (κ3) is 3.34. The molecule has 6 nitrogen and oxygen atoms in total. The number of allylic oxidation sites excluding steroid dienone is 1. The molecule has 0 saturated heterocycles. The Kier molecular flexibility index (Phi) is 4.57. The standard InChI is InChI=1S/C16H17BrN6/c1-2-10-23-14-12(20-15(23)17)13(18)21-16(22-14)19-9-8-11-6-4-3-5-7-11/h2-7H,1,8-10H2,(H3,18,19,21,22). The number of anilines is 2. The average Bonchev–Trinajstić information content (AvgIpc) is 2.86. The molecule has 0 aliphatic rings. The monoisotopic (exact) mass is 372 g/mol. The Morgan fingerprint density at radius 3 is 2.74 bits per heavy atom. The number of fused-ring (bicyclic) bond motifs is 1. The van der Waals surface area contributed by atoms with Gasteiger partial charge in [0.25, 0.3) is 0 Å². The number of hydrogen-bond acceptors (Lipinski definition) is 5. The van der Waals surface area contributed by atoms with Crippen LogP contribution in [0.1, 0.15) is 5.56 Å². The van der Waals surface area contributed by atoms with Crippen molar-refractivity contribution >= 4 is 38.9 Å². The molecule has 0 spiro atoms. The fourth-order valence-corrected chi connectivity index (χ4v) is 2.82. The van der Waals surface area contributed by atoms with Crippen molar-refractivity contribution in [2.45, 2.75) is 13.0 Å². The molecule has 0 aliphatic heterocycles. The van der Waals surface area contributed by atoms with Crippen molar-refractivity contribution < 1.29 is 0 Å². The number of nitrogens with zero attached hydrogens (tertiary/aromatic N) is 4. The molecule has 23 heavy (non-hydrogen) atoms. The Balaban J connectivity index is 1.81. The highest BCUT2D eigenvalue weighted by molar-refractivity contribution is 9.10. The molecule has 0 unspecified atom stereocenters. The molecule has 3 aromatic rings. The first-order valence-corrected chi connectivity index (χ1v) is 8.06. The van der Waals surface area contributed by atoms with E-state index < -0.39 is 0 Å². The van der Waals surface area contributed by atoms with E-state index in [1.807, 2.05) is 22.8 Å². The summed E-state index contributed by atoms with van der Waals surface area (Å²) in [6.07, 6.45) is 2.67. The second-order valence-corrected chi connectivity index (χ2v) is 5.76. The van der Waals surface area contributed by atoms with Gasteiger partial charge < -0.3 is 11.1 Å². The Labute approximate surface area is 142 Å². The summed E-state index contributed by atoms with van der Waals surface area (Å²) in [5.41, 5.74) is 8.54. The molecule has 1 aromatic carbocycles. The van der Waals surface area contributed by atoms with Crippen molar-refractivity contribution in [1.82, 2.24) is 19.5 Å². The lowest BCUT2D eigenvalue weighted by molar-refractivity contribution is 0.813. The number of nitrogens with one attached hydrogen (secondary N) is 1. The molecule has 0 amide bonds. The van der Waals surface area contributed by atoms with Gasteiger partial charge >= 0.3 is 0 Å². The number of hydrogen-bond donors (Lipinski definition) is 2. The van der Waals surface area contributed by atoms with Crippen LogP contribution < -0.4 is 11.1 Å². The normalized spacial score (nSPS) is 10.8. The third-order valence-corrected chi connectivity index (χ3v) is 4.03. The summed E-state index contributed by atoms with van der Waals surface area (Å²) >= 11 is 3.41. The van der Waals surface area contributed by atoms with Crippen molar-refractivity contribution in [2.75, 3.05) is 17.6 Å². The smallest absolute Gasteiger partial charge is 0.226 e. The first-order chi connectivity index (χ1) is 11.2. The molecule has 0 fully saturated rings. The number of halogens is 1. The van der Waals surface area contributed by atoms with Crippen LogP contribution in [0.3, 0.4) is 0 Å². The van der Waals surface area contributed by atoms with Gasteiger partial charge in [0.05, 0.1) is 0 Å². The van der Waals surface area contributed by atoms with E-state index >= 15 is 0 Å². The predicted molar refractivity (Wildman–Crippen MR) is 96.3 cm³/mol. The lowest BCUT2D eigenvalue weighted by Crippen LogP contribution is -2.10. The molecule has 0 atom stereocenters. The van der Waals surface area contributed by atoms with Crippen LogP contribution in [0.2, 0.25) is 0 Å². The molecular weight excluding hydrogens is 356 g/mol. The molecule has 0 radical (unpaired) electrons. The van der Waals surface area contributed by atoms with Gasteiger partial charge in [0, 0.05) is 13.1 Å². The van der Waals surface area contributed by atoms with Crippen molar-refractivity contribution in [2.24, 2.45) is 0 Å². The van der Waals surface area contributed by atoms with E-state index in [0.29, 0.717) is 34.2 Å². The second-order valence-electron chi connectivity index (χ2n) is 5.05. The van der Waals surface area contributed by atoms with Crippen LogP contribution in [0.4, 0.5) is 11.8 Å². The maximum atomic E-state index is 6.00. The van der Waals surface area contributed by atoms with Crippen LogP contribution in [-0.2, 0) is 13.0 Å². The summed E-state index contributed by atoms with van der Waals surface area (Å²) in [5.74, 6) is 0.865. The van der Waals surface area contributed by atoms with Crippen molar-refractivity contribution in [1.29, 1.82) is 0 Å². The zero-order valence-electron chi connectivity index (χ0n) is 12.5. The van der Waals surface area contributed by atoms with Crippen molar-refractivity contribution in [3.05, 3.63) is 53.3 Å². The number of nitrogen functional groups attached to an aromatic ring is 1. The van der Waals surface area contributed by atoms with Gasteiger partial charge in [-0.05, 0) is 27.9 Å². The molecule has 3 N–H and O–H groups in total. The fourth-order valence-electron chi connectivity index (χ4n) is 2.33. The largest absolute Gasteiger partial charge is 0.382 e. The van der Waals surface area contributed by atoms with Crippen LogP contribution in [0.5, 0.6) is 0 Å². The lowest BCUT2D eigenvalue weighted by atomic mass is 10.1. The third-order valence-electron chi connectivity index (χ3n) is 3.43. The van der Waals surface area contributed by atoms with Gasteiger partial charge in [0.15, 0.2) is 21.7 Å². The van der Waals surface area contributed by atoms with E-state index in [9.17, 15) is 0 Å². The minimum absolute atomic E-state index is 0.362. The van der Waals surface area contributed by atoms with E-state index in [1.54, 1.807) is 6.08 Å². The molecule has 3 rings (SSSR count). The first kappa shape index (κ1) is 15.5. The van der Waals surface area contributed by atoms with E-state index in [1.165, 1.54) is 5.56 Å². The average molecular weight is 373 g/mol. The number of rotatable bonds is 6. The maximum absolute atomic E-state index is 6.00. The summed E-state index contributed by atoms with van der Waals surface area (Å²) in [4.78, 5) is 13.2. The van der Waals surface area contributed by atoms with Crippen molar-refractivity contribution in [3.8, 4) is 0 Å². The molecule has 0 saturated carbocycles. The lowest BCUT2D eigenvalue weighted by Gasteiger charge is -2.07. The highest BCUT2D eigenvalue weighted by Crippen LogP contribution is 2.23. The maximum Gasteiger partial charge on any atom is 0.226 e. The van der Waals surface area contributed by atoms with Crippen LogP contribution in [0.25, 0.3) is 11.2 Å². The molecule has 118 valence electrons. The van der Waals surface area contributed by atoms with Gasteiger partial charge in [-0.3, -0.25) is 4.57 Å². The van der Waals surface area contributed by atoms with Crippen LogP contribution in [0, 0.1) is 0 Å². The van der Waals surface area contributed by atoms with E-state index in [-0.39, 0.29) is 0 Å². The van der Waals surface area contributed by atoms with Gasteiger partial charge in [-0.15, -0.1) is 6.58 Å². The summed E-state index contributed by atoms with van der Waals surface area (Å²) in [6.45, 7) is 5.07. The highest BCUT2D eigenvalue weighted by Gasteiger charge is 2.14. The molecule has 0 bridgehead atoms. The highest BCUT2D eigenvalue weighted by atomic mass is 79.9. The van der Waals surface area contributed by atoms with Gasteiger partial charge in [-0.1, -0.05) is 36.4 Å². The summed E-state index contributed by atoms with van der Waals surface area (Å²) < 4.78 is 2.55. The number of aromatic nitrogens is 4. The minimum Gasteiger partial charge on any atom is -0.382 e. The van der Waals surface area contributed by atoms with Crippen LogP contribution in [0.15, 0.2) is 47.7 Å². The van der Waals surface area contributed by atoms with Gasteiger partial charge in [0.1, 0.15) is 0 Å². The zero-order chi connectivity index (χ0) is 16.2. The quantitative estimate of drug-likeness (QED) is 0.513. The summed E-state index contributed by atoms with van der Waals surface area (Å²) in [6, 6.07) is 10.3. The van der Waals surface area contributed by atoms with Crippen LogP contribution >= 0.6 is 15.9 Å². The summed E-state index contributed by atoms with van der Waals surface area (Å²) in [5, 5.41) is 3.22. The van der Waals surface area contributed by atoms with E-state index in [2.05, 4.69) is 54.9 Å². The fraction of sp³-hybridized carbons (Fsp3) is 0.188. The van der Waals surface area contributed by atoms with Gasteiger partial charge in [0.2, 0.25) is 5.95 Å². The minimum atomic E-state index is 0.362. The molecule has 7 heteroatoms. The first-order valence-electron chi connectivity index (χ1n) is 7.27. The molecule has 0 aliphatic carbocycles. The Morgan fingerprint density at radius 2 is 2.00 bits per heavy atom. The van der Waals surface area contributed by atoms with Crippen molar-refractivity contribution in [3.63, 3.8) is 0 Å². The molecule has 2 heterocycles. The molecule has 2 aromatic heterocycles. The predicted octanol–water partition coefficient (Wildman–Crippen LogP) is 3.01. The topological polar surface area (TPSA) is 81.7 Å². The number of nitrogens with two attached hydrogens (primary N) is 1. The second kappa shape index (κ2) is 6.78. The van der Waals surface area contributed by atoms with E-state index in [4.69, 9.17) is 5.73 Å². The Bertz CT molecular complexity index is 827. The summed E-state index contributed by atoms with van der Waals surface area (Å²) in [7, 11) is 0. The van der Waals surface area contributed by atoms with Crippen LogP contribution in [-0.4, -0.2) is 26.1 Å². The zero-order valence-corrected chi connectivity index (χ0v) is 14.1. The van der Waals surface area contributed by atoms with Gasteiger partial charge in [-0.2, -0.15) is 9.97 Å². The molecular formula is C16H17BrN6.